The third-order valence-corrected chi connectivity index (χ3v) is 3.60. The molecule has 1 heterocycles. The summed E-state index contributed by atoms with van der Waals surface area (Å²) in [6, 6.07) is 6.91. The number of carboxylic acids is 1. The van der Waals surface area contributed by atoms with Crippen LogP contribution in [0.1, 0.15) is 15.2 Å². The number of carbonyl (C=O) groups is 1. The summed E-state index contributed by atoms with van der Waals surface area (Å²) in [5.41, 5.74) is 0.498. The monoisotopic (exact) mass is 237 g/mol. The summed E-state index contributed by atoms with van der Waals surface area (Å²) in [5, 5.41) is 18.5. The van der Waals surface area contributed by atoms with Crippen LogP contribution >= 0.6 is 22.9 Å². The van der Waals surface area contributed by atoms with Gasteiger partial charge in [0.05, 0.1) is 16.7 Å². The Labute approximate surface area is 94.1 Å². The van der Waals surface area contributed by atoms with E-state index < -0.39 is 5.97 Å². The molecule has 0 unspecified atom stereocenters. The van der Waals surface area contributed by atoms with Crippen molar-refractivity contribution in [3.63, 3.8) is 0 Å². The van der Waals surface area contributed by atoms with Crippen LogP contribution in [0.4, 0.5) is 0 Å². The molecule has 0 saturated carbocycles. The molecule has 0 aliphatic rings. The molecule has 74 valence electrons. The second-order valence-corrected chi connectivity index (χ2v) is 4.30. The molecular formula is C10H4ClNO2S. The van der Waals surface area contributed by atoms with Crippen LogP contribution in [0.5, 0.6) is 0 Å². The van der Waals surface area contributed by atoms with Gasteiger partial charge in [-0.3, -0.25) is 0 Å². The lowest BCUT2D eigenvalue weighted by Crippen LogP contribution is -1.91. The zero-order valence-electron chi connectivity index (χ0n) is 7.32. The van der Waals surface area contributed by atoms with Crippen LogP contribution in [-0.2, 0) is 0 Å². The fraction of sp³-hybridized carbons (Fsp3) is 0. The van der Waals surface area contributed by atoms with Gasteiger partial charge < -0.3 is 5.11 Å². The normalized spacial score (nSPS) is 10.1. The van der Waals surface area contributed by atoms with Crippen molar-refractivity contribution in [2.45, 2.75) is 0 Å². The second kappa shape index (κ2) is 3.54. The Morgan fingerprint density at radius 3 is 2.87 bits per heavy atom. The minimum atomic E-state index is -1.04. The van der Waals surface area contributed by atoms with Crippen molar-refractivity contribution >= 4 is 39.0 Å². The Kier molecular flexibility index (Phi) is 2.35. The minimum absolute atomic E-state index is 0.113. The highest BCUT2D eigenvalue weighted by molar-refractivity contribution is 7.21. The summed E-state index contributed by atoms with van der Waals surface area (Å²) >= 11 is 6.97. The number of hydrogen-bond donors (Lipinski definition) is 1. The van der Waals surface area contributed by atoms with E-state index in [1.165, 1.54) is 0 Å². The predicted octanol–water partition coefficient (Wildman–Crippen LogP) is 3.12. The van der Waals surface area contributed by atoms with Gasteiger partial charge in [0.2, 0.25) is 0 Å². The molecular weight excluding hydrogens is 234 g/mol. The smallest absolute Gasteiger partial charge is 0.347 e. The lowest BCUT2D eigenvalue weighted by atomic mass is 10.2. The van der Waals surface area contributed by atoms with Crippen LogP contribution in [0.25, 0.3) is 10.1 Å². The first-order valence-corrected chi connectivity index (χ1v) is 5.18. The van der Waals surface area contributed by atoms with E-state index in [-0.39, 0.29) is 9.90 Å². The fourth-order valence-corrected chi connectivity index (χ4v) is 2.66. The second-order valence-electron chi connectivity index (χ2n) is 2.87. The molecule has 1 N–H and O–H groups in total. The topological polar surface area (TPSA) is 61.1 Å². The highest BCUT2D eigenvalue weighted by Crippen LogP contribution is 2.35. The van der Waals surface area contributed by atoms with Gasteiger partial charge >= 0.3 is 5.97 Å². The Morgan fingerprint density at radius 1 is 1.53 bits per heavy atom. The Bertz CT molecular complexity index is 597. The molecule has 0 amide bonds. The van der Waals surface area contributed by atoms with Crippen LogP contribution < -0.4 is 0 Å². The number of nitriles is 1. The van der Waals surface area contributed by atoms with Crippen LogP contribution in [0.3, 0.4) is 0 Å². The van der Waals surface area contributed by atoms with Crippen molar-refractivity contribution in [1.29, 1.82) is 5.26 Å². The molecule has 0 fully saturated rings. The molecule has 15 heavy (non-hydrogen) atoms. The molecule has 0 spiro atoms. The molecule has 1 aromatic heterocycles. The third kappa shape index (κ3) is 1.56. The van der Waals surface area contributed by atoms with Crippen LogP contribution in [0, 0.1) is 11.3 Å². The highest BCUT2D eigenvalue weighted by Gasteiger charge is 2.15. The lowest BCUT2D eigenvalue weighted by molar-refractivity contribution is 0.0702. The van der Waals surface area contributed by atoms with Crippen molar-refractivity contribution in [1.82, 2.24) is 0 Å². The van der Waals surface area contributed by atoms with E-state index in [9.17, 15) is 4.79 Å². The first-order chi connectivity index (χ1) is 7.13. The van der Waals surface area contributed by atoms with Crippen molar-refractivity contribution in [3.05, 3.63) is 33.7 Å². The van der Waals surface area contributed by atoms with E-state index in [1.807, 2.05) is 6.07 Å². The standard InChI is InChI=1S/C10H4ClNO2S/c11-8-6-2-1-5(4-12)3-7(6)15-9(8)10(13)14/h1-3H,(H,13,14). The molecule has 2 aromatic rings. The van der Waals surface area contributed by atoms with E-state index >= 15 is 0 Å². The molecule has 3 nitrogen and oxygen atoms in total. The predicted molar refractivity (Wildman–Crippen MR) is 58.5 cm³/mol. The number of thiophene rings is 1. The van der Waals surface area contributed by atoms with Crippen LogP contribution in [0.2, 0.25) is 5.02 Å². The Morgan fingerprint density at radius 2 is 2.27 bits per heavy atom. The number of aromatic carboxylic acids is 1. The summed E-state index contributed by atoms with van der Waals surface area (Å²) in [7, 11) is 0. The third-order valence-electron chi connectivity index (χ3n) is 1.95. The van der Waals surface area contributed by atoms with Crippen LogP contribution in [-0.4, -0.2) is 11.1 Å². The van der Waals surface area contributed by atoms with Gasteiger partial charge in [-0.2, -0.15) is 5.26 Å². The molecule has 0 radical (unpaired) electrons. The number of benzene rings is 1. The van der Waals surface area contributed by atoms with Gasteiger partial charge in [-0.05, 0) is 12.1 Å². The minimum Gasteiger partial charge on any atom is -0.477 e. The van der Waals surface area contributed by atoms with Crippen molar-refractivity contribution in [2.75, 3.05) is 0 Å². The number of nitrogens with zero attached hydrogens (tertiary/aromatic N) is 1. The molecule has 1 aromatic carbocycles. The van der Waals surface area contributed by atoms with E-state index in [2.05, 4.69) is 0 Å². The average Bonchev–Trinajstić information content (AvgIpc) is 2.55. The largest absolute Gasteiger partial charge is 0.477 e. The number of fused-ring (bicyclic) bond motifs is 1. The Hall–Kier alpha value is -1.57. The maximum Gasteiger partial charge on any atom is 0.347 e. The zero-order valence-corrected chi connectivity index (χ0v) is 8.89. The molecule has 0 aliphatic carbocycles. The van der Waals surface area contributed by atoms with Gasteiger partial charge in [0.15, 0.2) is 0 Å². The van der Waals surface area contributed by atoms with Crippen molar-refractivity contribution < 1.29 is 9.90 Å². The summed E-state index contributed by atoms with van der Waals surface area (Å²) in [4.78, 5) is 10.9. The van der Waals surface area contributed by atoms with Crippen molar-refractivity contribution in [3.8, 4) is 6.07 Å². The molecule has 2 rings (SSSR count). The summed E-state index contributed by atoms with van der Waals surface area (Å²) < 4.78 is 0.719. The molecule has 0 atom stereocenters. The van der Waals surface area contributed by atoms with Gasteiger partial charge in [-0.1, -0.05) is 17.7 Å². The highest BCUT2D eigenvalue weighted by atomic mass is 35.5. The van der Waals surface area contributed by atoms with Gasteiger partial charge in [0.1, 0.15) is 4.88 Å². The lowest BCUT2D eigenvalue weighted by Gasteiger charge is -1.90. The molecule has 0 bridgehead atoms. The first-order valence-electron chi connectivity index (χ1n) is 3.99. The summed E-state index contributed by atoms with van der Waals surface area (Å²) in [6.07, 6.45) is 0. The molecule has 0 saturated heterocycles. The van der Waals surface area contributed by atoms with Crippen molar-refractivity contribution in [2.24, 2.45) is 0 Å². The Balaban J connectivity index is 2.77. The number of hydrogen-bond acceptors (Lipinski definition) is 3. The maximum absolute atomic E-state index is 10.8. The van der Waals surface area contributed by atoms with Gasteiger partial charge in [-0.15, -0.1) is 11.3 Å². The quantitative estimate of drug-likeness (QED) is 0.829. The van der Waals surface area contributed by atoms with E-state index in [4.69, 9.17) is 22.0 Å². The molecule has 5 heteroatoms. The SMILES string of the molecule is N#Cc1ccc2c(Cl)c(C(=O)O)sc2c1. The fourth-order valence-electron chi connectivity index (χ4n) is 1.27. The van der Waals surface area contributed by atoms with E-state index in [0.717, 1.165) is 16.0 Å². The number of rotatable bonds is 1. The summed E-state index contributed by atoms with van der Waals surface area (Å²) in [5.74, 6) is -1.04. The first kappa shape index (κ1) is 9.97. The van der Waals surface area contributed by atoms with Crippen LogP contribution in [0.15, 0.2) is 18.2 Å². The van der Waals surface area contributed by atoms with Gasteiger partial charge in [0, 0.05) is 10.1 Å². The van der Waals surface area contributed by atoms with Gasteiger partial charge in [-0.25, -0.2) is 4.79 Å². The summed E-state index contributed by atoms with van der Waals surface area (Å²) in [6.45, 7) is 0. The van der Waals surface area contributed by atoms with E-state index in [1.54, 1.807) is 18.2 Å². The molecule has 0 aliphatic heterocycles. The number of halogens is 1. The maximum atomic E-state index is 10.8. The van der Waals surface area contributed by atoms with E-state index in [0.29, 0.717) is 10.9 Å². The average molecular weight is 238 g/mol. The zero-order chi connectivity index (χ0) is 11.0. The number of carboxylic acid groups (broad SMARTS) is 1. The van der Waals surface area contributed by atoms with Gasteiger partial charge in [0.25, 0.3) is 0 Å².